The Balaban J connectivity index is 1.84. The van der Waals surface area contributed by atoms with Crippen LogP contribution < -0.4 is 5.73 Å². The molecule has 1 aromatic carbocycles. The number of nitrogens with zero attached hydrogens (tertiary/aromatic N) is 2. The van der Waals surface area contributed by atoms with Crippen molar-refractivity contribution >= 4 is 10.9 Å². The molecule has 1 fully saturated rings. The van der Waals surface area contributed by atoms with Crippen LogP contribution in [0, 0.1) is 11.8 Å². The van der Waals surface area contributed by atoms with Crippen molar-refractivity contribution in [3.05, 3.63) is 54.7 Å². The Kier molecular flexibility index (Phi) is 4.79. The van der Waals surface area contributed by atoms with E-state index >= 15 is 0 Å². The summed E-state index contributed by atoms with van der Waals surface area (Å²) in [6, 6.07) is 10.6. The maximum Gasteiger partial charge on any atom is 0.0705 e. The molecule has 122 valence electrons. The van der Waals surface area contributed by atoms with Gasteiger partial charge in [-0.25, -0.2) is 0 Å². The first-order valence-electron chi connectivity index (χ1n) is 8.57. The first kappa shape index (κ1) is 16.2. The lowest BCUT2D eigenvalue weighted by Crippen LogP contribution is -2.47. The summed E-state index contributed by atoms with van der Waals surface area (Å²) < 4.78 is 0. The standard InChI is InChI=1S/C20H27N3/c1-4-16-13-23(12-10-14(16)2)15(3)20(21)18-9-11-22-19-8-6-5-7-17(18)19/h4-9,11,14-16,20H,1,10,12-13,21H2,2-3H3. The molecule has 0 saturated carbocycles. The zero-order chi connectivity index (χ0) is 16.4. The number of aromatic nitrogens is 1. The molecule has 0 bridgehead atoms. The fourth-order valence-electron chi connectivity index (χ4n) is 3.70. The molecule has 4 atom stereocenters. The molecule has 1 aromatic heterocycles. The predicted molar refractivity (Wildman–Crippen MR) is 97.2 cm³/mol. The van der Waals surface area contributed by atoms with Gasteiger partial charge in [0, 0.05) is 30.2 Å². The smallest absolute Gasteiger partial charge is 0.0705 e. The minimum atomic E-state index is -0.0122. The normalized spacial score (nSPS) is 25.2. The molecule has 2 heterocycles. The molecule has 3 heteroatoms. The van der Waals surface area contributed by atoms with E-state index in [9.17, 15) is 0 Å². The molecule has 0 spiro atoms. The number of likely N-dealkylation sites (tertiary alicyclic amines) is 1. The van der Waals surface area contributed by atoms with Crippen molar-refractivity contribution in [2.45, 2.75) is 32.4 Å². The van der Waals surface area contributed by atoms with Crippen LogP contribution >= 0.6 is 0 Å². The highest BCUT2D eigenvalue weighted by atomic mass is 15.2. The summed E-state index contributed by atoms with van der Waals surface area (Å²) in [5, 5.41) is 1.17. The molecule has 1 saturated heterocycles. The Hall–Kier alpha value is -1.71. The van der Waals surface area contributed by atoms with Crippen LogP contribution in [0.1, 0.15) is 31.9 Å². The number of pyridine rings is 1. The van der Waals surface area contributed by atoms with E-state index in [-0.39, 0.29) is 6.04 Å². The van der Waals surface area contributed by atoms with Crippen LogP contribution in [0.4, 0.5) is 0 Å². The lowest BCUT2D eigenvalue weighted by Gasteiger charge is -2.41. The molecule has 0 amide bonds. The van der Waals surface area contributed by atoms with E-state index in [2.05, 4.69) is 54.6 Å². The van der Waals surface area contributed by atoms with Crippen LogP contribution in [0.2, 0.25) is 0 Å². The Morgan fingerprint density at radius 3 is 2.91 bits per heavy atom. The molecule has 23 heavy (non-hydrogen) atoms. The van der Waals surface area contributed by atoms with Gasteiger partial charge in [0.1, 0.15) is 0 Å². The predicted octanol–water partition coefficient (Wildman–Crippen LogP) is 3.77. The molecule has 1 aliphatic heterocycles. The van der Waals surface area contributed by atoms with E-state index in [0.717, 1.165) is 18.6 Å². The Labute approximate surface area is 139 Å². The van der Waals surface area contributed by atoms with Crippen LogP contribution in [0.5, 0.6) is 0 Å². The van der Waals surface area contributed by atoms with Crippen molar-refractivity contribution < 1.29 is 0 Å². The lowest BCUT2D eigenvalue weighted by molar-refractivity contribution is 0.102. The van der Waals surface area contributed by atoms with Crippen molar-refractivity contribution in [3.8, 4) is 0 Å². The third-order valence-electron chi connectivity index (χ3n) is 5.49. The molecule has 0 radical (unpaired) electrons. The number of para-hydroxylation sites is 1. The topological polar surface area (TPSA) is 42.1 Å². The van der Waals surface area contributed by atoms with Crippen molar-refractivity contribution in [1.29, 1.82) is 0 Å². The van der Waals surface area contributed by atoms with E-state index < -0.39 is 0 Å². The van der Waals surface area contributed by atoms with Crippen LogP contribution in [0.25, 0.3) is 10.9 Å². The van der Waals surface area contributed by atoms with Gasteiger partial charge in [0.05, 0.1) is 5.52 Å². The second-order valence-corrected chi connectivity index (χ2v) is 6.84. The quantitative estimate of drug-likeness (QED) is 0.874. The second-order valence-electron chi connectivity index (χ2n) is 6.84. The number of rotatable bonds is 4. The van der Waals surface area contributed by atoms with Gasteiger partial charge >= 0.3 is 0 Å². The average molecular weight is 309 g/mol. The zero-order valence-electron chi connectivity index (χ0n) is 14.2. The van der Waals surface area contributed by atoms with Gasteiger partial charge in [0.25, 0.3) is 0 Å². The molecule has 1 aliphatic rings. The molecular formula is C20H27N3. The number of nitrogens with two attached hydrogens (primary N) is 1. The van der Waals surface area contributed by atoms with Crippen molar-refractivity contribution in [1.82, 2.24) is 9.88 Å². The summed E-state index contributed by atoms with van der Waals surface area (Å²) in [5.74, 6) is 1.28. The molecule has 0 aliphatic carbocycles. The Morgan fingerprint density at radius 1 is 1.35 bits per heavy atom. The first-order chi connectivity index (χ1) is 11.1. The van der Waals surface area contributed by atoms with Gasteiger partial charge in [-0.1, -0.05) is 31.2 Å². The van der Waals surface area contributed by atoms with E-state index in [4.69, 9.17) is 5.73 Å². The van der Waals surface area contributed by atoms with Crippen molar-refractivity contribution in [2.75, 3.05) is 13.1 Å². The summed E-state index contributed by atoms with van der Waals surface area (Å²) in [6.07, 6.45) is 5.19. The molecule has 3 rings (SSSR count). The summed E-state index contributed by atoms with van der Waals surface area (Å²) in [6.45, 7) is 10.7. The van der Waals surface area contributed by atoms with Crippen LogP contribution in [0.15, 0.2) is 49.2 Å². The lowest BCUT2D eigenvalue weighted by atomic mass is 9.85. The minimum absolute atomic E-state index is 0.0122. The van der Waals surface area contributed by atoms with E-state index in [1.807, 2.05) is 18.3 Å². The second kappa shape index (κ2) is 6.81. The minimum Gasteiger partial charge on any atom is -0.323 e. The maximum absolute atomic E-state index is 6.66. The molecular weight excluding hydrogens is 282 g/mol. The summed E-state index contributed by atoms with van der Waals surface area (Å²) in [5.41, 5.74) is 8.87. The molecule has 2 aromatic rings. The van der Waals surface area contributed by atoms with E-state index in [0.29, 0.717) is 17.9 Å². The van der Waals surface area contributed by atoms with Gasteiger partial charge in [0.15, 0.2) is 0 Å². The van der Waals surface area contributed by atoms with Crippen molar-refractivity contribution in [3.63, 3.8) is 0 Å². The average Bonchev–Trinajstić information content (AvgIpc) is 2.60. The first-order valence-corrected chi connectivity index (χ1v) is 8.57. The summed E-state index contributed by atoms with van der Waals surface area (Å²) in [7, 11) is 0. The number of fused-ring (bicyclic) bond motifs is 1. The Morgan fingerprint density at radius 2 is 2.13 bits per heavy atom. The van der Waals surface area contributed by atoms with Crippen molar-refractivity contribution in [2.24, 2.45) is 17.6 Å². The van der Waals surface area contributed by atoms with Gasteiger partial charge in [-0.3, -0.25) is 9.88 Å². The SMILES string of the molecule is C=CC1CN(C(C)C(N)c2ccnc3ccccc23)CCC1C. The van der Waals surface area contributed by atoms with Gasteiger partial charge in [0.2, 0.25) is 0 Å². The number of piperidine rings is 1. The molecule has 4 unspecified atom stereocenters. The number of hydrogen-bond donors (Lipinski definition) is 1. The fraction of sp³-hybridized carbons (Fsp3) is 0.450. The van der Waals surface area contributed by atoms with E-state index in [1.54, 1.807) is 0 Å². The van der Waals surface area contributed by atoms with Crippen LogP contribution in [-0.2, 0) is 0 Å². The molecule has 2 N–H and O–H groups in total. The van der Waals surface area contributed by atoms with Crippen LogP contribution in [0.3, 0.4) is 0 Å². The highest BCUT2D eigenvalue weighted by molar-refractivity contribution is 5.82. The summed E-state index contributed by atoms with van der Waals surface area (Å²) >= 11 is 0. The fourth-order valence-corrected chi connectivity index (χ4v) is 3.70. The van der Waals surface area contributed by atoms with Gasteiger partial charge in [-0.05, 0) is 49.4 Å². The largest absolute Gasteiger partial charge is 0.323 e. The van der Waals surface area contributed by atoms with Crippen LogP contribution in [-0.4, -0.2) is 29.0 Å². The maximum atomic E-state index is 6.66. The summed E-state index contributed by atoms with van der Waals surface area (Å²) in [4.78, 5) is 6.97. The third kappa shape index (κ3) is 3.17. The van der Waals surface area contributed by atoms with Gasteiger partial charge < -0.3 is 5.73 Å². The Bertz CT molecular complexity index is 676. The molecule has 3 nitrogen and oxygen atoms in total. The third-order valence-corrected chi connectivity index (χ3v) is 5.49. The highest BCUT2D eigenvalue weighted by Crippen LogP contribution is 2.30. The van der Waals surface area contributed by atoms with Gasteiger partial charge in [-0.15, -0.1) is 6.58 Å². The van der Waals surface area contributed by atoms with Gasteiger partial charge in [-0.2, -0.15) is 0 Å². The monoisotopic (exact) mass is 309 g/mol. The van der Waals surface area contributed by atoms with E-state index in [1.165, 1.54) is 17.4 Å². The highest BCUT2D eigenvalue weighted by Gasteiger charge is 2.30. The number of benzene rings is 1. The number of hydrogen-bond acceptors (Lipinski definition) is 3. The zero-order valence-corrected chi connectivity index (χ0v) is 14.2.